The second-order valence-corrected chi connectivity index (χ2v) is 9.30. The highest BCUT2D eigenvalue weighted by Crippen LogP contribution is 2.51. The molecule has 156 valence electrons. The summed E-state index contributed by atoms with van der Waals surface area (Å²) >= 11 is 0. The lowest BCUT2D eigenvalue weighted by atomic mass is 9.60. The second-order valence-electron chi connectivity index (χ2n) is 9.30. The fourth-order valence-corrected chi connectivity index (χ4v) is 5.95. The molecule has 1 heterocycles. The Morgan fingerprint density at radius 1 is 1.21 bits per heavy atom. The van der Waals surface area contributed by atoms with Crippen molar-refractivity contribution in [2.24, 2.45) is 17.8 Å². The zero-order chi connectivity index (χ0) is 20.4. The highest BCUT2D eigenvalue weighted by molar-refractivity contribution is 5.88. The Morgan fingerprint density at radius 3 is 2.86 bits per heavy atom. The van der Waals surface area contributed by atoms with Gasteiger partial charge in [-0.2, -0.15) is 0 Å². The fraction of sp³-hybridized carbons (Fsp3) is 0.600. The summed E-state index contributed by atoms with van der Waals surface area (Å²) < 4.78 is 0. The first-order valence-corrected chi connectivity index (χ1v) is 11.4. The number of amides is 1. The van der Waals surface area contributed by atoms with E-state index in [2.05, 4.69) is 41.6 Å². The van der Waals surface area contributed by atoms with E-state index in [1.807, 2.05) is 0 Å². The van der Waals surface area contributed by atoms with Gasteiger partial charge < -0.3 is 15.1 Å². The van der Waals surface area contributed by atoms with Crippen LogP contribution >= 0.6 is 0 Å². The van der Waals surface area contributed by atoms with Gasteiger partial charge in [0.25, 0.3) is 0 Å². The van der Waals surface area contributed by atoms with Gasteiger partial charge in [-0.15, -0.1) is 0 Å². The Hall–Kier alpha value is -2.10. The third kappa shape index (κ3) is 4.26. The maximum atomic E-state index is 12.2. The van der Waals surface area contributed by atoms with E-state index in [4.69, 9.17) is 0 Å². The quantitative estimate of drug-likeness (QED) is 0.652. The van der Waals surface area contributed by atoms with Gasteiger partial charge in [0.1, 0.15) is 5.78 Å². The van der Waals surface area contributed by atoms with Crippen LogP contribution in [0.2, 0.25) is 0 Å². The van der Waals surface area contributed by atoms with Crippen LogP contribution in [0.4, 0.5) is 0 Å². The van der Waals surface area contributed by atoms with Crippen molar-refractivity contribution >= 4 is 22.6 Å². The molecule has 4 atom stereocenters. The van der Waals surface area contributed by atoms with Gasteiger partial charge in [-0.1, -0.05) is 31.9 Å². The molecule has 0 radical (unpaired) electrons. The van der Waals surface area contributed by atoms with Gasteiger partial charge in [0.15, 0.2) is 0 Å². The van der Waals surface area contributed by atoms with Crippen LogP contribution in [0.1, 0.15) is 75.8 Å². The molecule has 2 aliphatic carbocycles. The van der Waals surface area contributed by atoms with Crippen molar-refractivity contribution in [3.8, 4) is 0 Å². The smallest absolute Gasteiger partial charge is 0.220 e. The fourth-order valence-electron chi connectivity index (χ4n) is 5.95. The number of aromatic nitrogens is 1. The Kier molecular flexibility index (Phi) is 6.07. The predicted molar refractivity (Wildman–Crippen MR) is 117 cm³/mol. The Labute approximate surface area is 173 Å². The highest BCUT2D eigenvalue weighted by atomic mass is 16.1. The van der Waals surface area contributed by atoms with E-state index >= 15 is 0 Å². The minimum absolute atomic E-state index is 0.0964. The van der Waals surface area contributed by atoms with Crippen molar-refractivity contribution < 1.29 is 9.59 Å². The van der Waals surface area contributed by atoms with Gasteiger partial charge in [-0.3, -0.25) is 4.79 Å². The lowest BCUT2D eigenvalue weighted by Gasteiger charge is -2.45. The van der Waals surface area contributed by atoms with Crippen LogP contribution in [-0.2, 0) is 16.0 Å². The maximum absolute atomic E-state index is 12.2. The van der Waals surface area contributed by atoms with Gasteiger partial charge in [0, 0.05) is 36.5 Å². The molecule has 0 saturated heterocycles. The molecule has 0 bridgehead atoms. The molecule has 1 aromatic carbocycles. The Morgan fingerprint density at radius 2 is 2.07 bits per heavy atom. The van der Waals surface area contributed by atoms with Crippen molar-refractivity contribution in [2.75, 3.05) is 6.54 Å². The molecule has 0 spiro atoms. The van der Waals surface area contributed by atoms with Gasteiger partial charge in [-0.05, 0) is 73.5 Å². The average molecular weight is 395 g/mol. The van der Waals surface area contributed by atoms with Gasteiger partial charge in [-0.25, -0.2) is 0 Å². The van der Waals surface area contributed by atoms with E-state index in [9.17, 15) is 9.59 Å². The second kappa shape index (κ2) is 8.73. The number of nitrogens with one attached hydrogen (secondary N) is 2. The van der Waals surface area contributed by atoms with Crippen LogP contribution in [0, 0.1) is 17.8 Å². The number of hydrogen-bond acceptors (Lipinski definition) is 2. The largest absolute Gasteiger partial charge is 0.361 e. The van der Waals surface area contributed by atoms with Crippen molar-refractivity contribution in [3.05, 3.63) is 35.5 Å². The van der Waals surface area contributed by atoms with Gasteiger partial charge in [0.05, 0.1) is 0 Å². The molecule has 2 N–H and O–H groups in total. The van der Waals surface area contributed by atoms with Crippen molar-refractivity contribution in [3.63, 3.8) is 0 Å². The molecule has 1 unspecified atom stereocenters. The van der Waals surface area contributed by atoms with Crippen LogP contribution in [0.15, 0.2) is 24.4 Å². The molecule has 0 aliphatic heterocycles. The summed E-state index contributed by atoms with van der Waals surface area (Å²) in [6, 6.07) is 6.71. The summed E-state index contributed by atoms with van der Waals surface area (Å²) in [6.07, 6.45) is 9.93. The molecular formula is C25H34N2O2. The molecule has 4 heteroatoms. The third-order valence-corrected chi connectivity index (χ3v) is 7.20. The minimum atomic E-state index is 0.0964. The number of ketones is 1. The molecule has 1 aromatic heterocycles. The molecule has 4 rings (SSSR count). The summed E-state index contributed by atoms with van der Waals surface area (Å²) in [4.78, 5) is 26.8. The SMILES string of the molecule is CCCC1C[C@H](CNC(=O)CCCC(C)=O)C[C@@H]2c3cccc4[nH]cc(c34)C[C@@H]12. The highest BCUT2D eigenvalue weighted by Gasteiger charge is 2.41. The summed E-state index contributed by atoms with van der Waals surface area (Å²) in [6.45, 7) is 4.66. The number of fused-ring (bicyclic) bond motifs is 2. The third-order valence-electron chi connectivity index (χ3n) is 7.20. The number of aromatic amines is 1. The molecule has 1 saturated carbocycles. The minimum Gasteiger partial charge on any atom is -0.361 e. The number of carbonyl (C=O) groups excluding carboxylic acids is 2. The van der Waals surface area contributed by atoms with Crippen molar-refractivity contribution in [2.45, 2.75) is 71.1 Å². The van der Waals surface area contributed by atoms with Crippen LogP contribution in [0.5, 0.6) is 0 Å². The molecule has 4 nitrogen and oxygen atoms in total. The lowest BCUT2D eigenvalue weighted by molar-refractivity contribution is -0.121. The summed E-state index contributed by atoms with van der Waals surface area (Å²) in [5.41, 5.74) is 4.28. The van der Waals surface area contributed by atoms with E-state index in [0.717, 1.165) is 18.4 Å². The Bertz CT molecular complexity index is 884. The normalized spacial score (nSPS) is 25.6. The molecule has 1 amide bonds. The maximum Gasteiger partial charge on any atom is 0.220 e. The monoisotopic (exact) mass is 394 g/mol. The number of Topliss-reactive ketones (excluding diaryl/α,β-unsaturated/α-hetero) is 1. The number of H-pyrrole nitrogens is 1. The molecule has 2 aliphatic rings. The zero-order valence-electron chi connectivity index (χ0n) is 17.8. The van der Waals surface area contributed by atoms with Crippen LogP contribution in [0.3, 0.4) is 0 Å². The van der Waals surface area contributed by atoms with Gasteiger partial charge in [0.2, 0.25) is 5.91 Å². The van der Waals surface area contributed by atoms with E-state index in [1.165, 1.54) is 54.1 Å². The first kappa shape index (κ1) is 20.2. The standard InChI is InChI=1S/C25H34N2O2/c1-3-6-18-11-17(14-27-24(29)10-4-7-16(2)28)12-22-20-8-5-9-23-25(20)19(15-26-23)13-21(18)22/h5,8-9,15,17-18,21-22,26H,3-4,6-7,10-14H2,1-2H3,(H,27,29)/t17-,18?,21-,22+/m0/s1. The lowest BCUT2D eigenvalue weighted by Crippen LogP contribution is -2.39. The van der Waals surface area contributed by atoms with Crippen LogP contribution < -0.4 is 5.32 Å². The van der Waals surface area contributed by atoms with Gasteiger partial charge >= 0.3 is 0 Å². The van der Waals surface area contributed by atoms with E-state index < -0.39 is 0 Å². The predicted octanol–water partition coefficient (Wildman–Crippen LogP) is 5.13. The number of carbonyl (C=O) groups is 2. The number of hydrogen-bond donors (Lipinski definition) is 2. The van der Waals surface area contributed by atoms with E-state index in [-0.39, 0.29) is 11.7 Å². The first-order chi connectivity index (χ1) is 14.1. The summed E-state index contributed by atoms with van der Waals surface area (Å²) in [5.74, 6) is 2.86. The average Bonchev–Trinajstić information content (AvgIpc) is 3.11. The summed E-state index contributed by atoms with van der Waals surface area (Å²) in [5, 5.41) is 4.62. The topological polar surface area (TPSA) is 62.0 Å². The summed E-state index contributed by atoms with van der Waals surface area (Å²) in [7, 11) is 0. The van der Waals surface area contributed by atoms with Crippen molar-refractivity contribution in [1.29, 1.82) is 0 Å². The van der Waals surface area contributed by atoms with E-state index in [1.54, 1.807) is 6.92 Å². The molecule has 2 aromatic rings. The van der Waals surface area contributed by atoms with Crippen LogP contribution in [-0.4, -0.2) is 23.2 Å². The zero-order valence-corrected chi connectivity index (χ0v) is 17.8. The van der Waals surface area contributed by atoms with Crippen molar-refractivity contribution in [1.82, 2.24) is 10.3 Å². The molecule has 29 heavy (non-hydrogen) atoms. The number of benzene rings is 1. The van der Waals surface area contributed by atoms with E-state index in [0.29, 0.717) is 31.1 Å². The first-order valence-electron chi connectivity index (χ1n) is 11.4. The number of rotatable bonds is 8. The molecule has 1 fully saturated rings. The van der Waals surface area contributed by atoms with Crippen LogP contribution in [0.25, 0.3) is 10.9 Å². The Balaban J connectivity index is 1.46. The molecular weight excluding hydrogens is 360 g/mol.